The van der Waals surface area contributed by atoms with Crippen LogP contribution in [-0.4, -0.2) is 11.3 Å². The molecule has 0 spiro atoms. The van der Waals surface area contributed by atoms with Crippen molar-refractivity contribution in [2.45, 2.75) is 12.8 Å². The van der Waals surface area contributed by atoms with E-state index < -0.39 is 0 Å². The number of aromatic nitrogens is 1. The van der Waals surface area contributed by atoms with Gasteiger partial charge in [0.2, 0.25) is 0 Å². The molecule has 5 heterocycles. The lowest BCUT2D eigenvalue weighted by Gasteiger charge is -2.31. The van der Waals surface area contributed by atoms with Gasteiger partial charge in [0.1, 0.15) is 11.5 Å². The van der Waals surface area contributed by atoms with Crippen molar-refractivity contribution >= 4 is 82.9 Å². The highest BCUT2D eigenvalue weighted by Crippen LogP contribution is 2.45. The van der Waals surface area contributed by atoms with Crippen LogP contribution in [0.5, 0.6) is 21.6 Å². The molecular weight excluding hydrogens is 529 g/mol. The minimum atomic E-state index is 0.0640. The predicted molar refractivity (Wildman–Crippen MR) is 169 cm³/mol. The van der Waals surface area contributed by atoms with Gasteiger partial charge in [0.25, 0.3) is 6.71 Å². The van der Waals surface area contributed by atoms with Crippen molar-refractivity contribution < 1.29 is 9.47 Å². The van der Waals surface area contributed by atoms with E-state index in [1.165, 1.54) is 53.3 Å². The van der Waals surface area contributed by atoms with Crippen LogP contribution in [0.3, 0.4) is 0 Å². The van der Waals surface area contributed by atoms with Gasteiger partial charge >= 0.3 is 0 Å². The number of para-hydroxylation sites is 1. The van der Waals surface area contributed by atoms with Crippen molar-refractivity contribution in [3.05, 3.63) is 102 Å². The van der Waals surface area contributed by atoms with Crippen LogP contribution >= 0.6 is 22.7 Å². The highest BCUT2D eigenvalue weighted by atomic mass is 32.1. The van der Waals surface area contributed by atoms with Gasteiger partial charge < -0.3 is 14.0 Å². The summed E-state index contributed by atoms with van der Waals surface area (Å²) in [6.45, 7) is 0.0640. The van der Waals surface area contributed by atoms with E-state index in [1.54, 1.807) is 22.7 Å². The monoisotopic (exact) mass is 549 g/mol. The van der Waals surface area contributed by atoms with E-state index >= 15 is 0 Å². The van der Waals surface area contributed by atoms with Gasteiger partial charge in [0, 0.05) is 38.1 Å². The Morgan fingerprint density at radius 3 is 1.95 bits per heavy atom. The minimum absolute atomic E-state index is 0.0640. The molecule has 0 N–H and O–H groups in total. The lowest BCUT2D eigenvalue weighted by atomic mass is 9.35. The molecular formula is C34H20BNO2S2. The molecule has 0 fully saturated rings. The molecule has 10 rings (SSSR count). The summed E-state index contributed by atoms with van der Waals surface area (Å²) in [5.74, 6) is 1.78. The van der Waals surface area contributed by atoms with E-state index in [4.69, 9.17) is 9.47 Å². The zero-order chi connectivity index (χ0) is 25.9. The number of benzene rings is 4. The van der Waals surface area contributed by atoms with Crippen molar-refractivity contribution in [1.29, 1.82) is 0 Å². The van der Waals surface area contributed by atoms with Gasteiger partial charge in [-0.25, -0.2) is 0 Å². The van der Waals surface area contributed by atoms with Gasteiger partial charge in [-0.1, -0.05) is 83.3 Å². The minimum Gasteiger partial charge on any atom is -0.448 e. The highest BCUT2D eigenvalue weighted by molar-refractivity contribution is 7.26. The number of hydrogen-bond acceptors (Lipinski definition) is 4. The third-order valence-corrected chi connectivity index (χ3v) is 10.8. The van der Waals surface area contributed by atoms with E-state index in [0.717, 1.165) is 45.6 Å². The van der Waals surface area contributed by atoms with Crippen LogP contribution in [0.15, 0.2) is 91.0 Å². The number of fused-ring (bicyclic) bond motifs is 11. The van der Waals surface area contributed by atoms with Gasteiger partial charge in [-0.15, -0.1) is 0 Å². The number of aryl methyl sites for hydroxylation is 1. The highest BCUT2D eigenvalue weighted by Gasteiger charge is 2.44. The maximum absolute atomic E-state index is 6.82. The van der Waals surface area contributed by atoms with E-state index in [1.807, 2.05) is 0 Å². The molecule has 40 heavy (non-hydrogen) atoms. The SMILES string of the molecule is C1=Cc2c(c3ccccc3n2-c2cc3c4c(c2)Oc2sc5ccccc5c2B4c2c(sc4ccccc24)O3)CC1. The molecule has 7 aromatic rings. The molecule has 0 saturated carbocycles. The molecule has 4 aromatic carbocycles. The molecule has 6 heteroatoms. The predicted octanol–water partition coefficient (Wildman–Crippen LogP) is 7.75. The first-order valence-electron chi connectivity index (χ1n) is 13.7. The Balaban J connectivity index is 1.30. The molecule has 0 bridgehead atoms. The first-order chi connectivity index (χ1) is 19.8. The smallest absolute Gasteiger partial charge is 0.264 e. The molecule has 3 nitrogen and oxygen atoms in total. The second-order valence-corrected chi connectivity index (χ2v) is 12.8. The third kappa shape index (κ3) is 2.70. The Bertz CT molecular complexity index is 2150. The zero-order valence-electron chi connectivity index (χ0n) is 21.3. The fourth-order valence-corrected chi connectivity index (χ4v) is 9.26. The number of hydrogen-bond donors (Lipinski definition) is 0. The Hall–Kier alpha value is -4.26. The summed E-state index contributed by atoms with van der Waals surface area (Å²) in [6.07, 6.45) is 6.70. The summed E-state index contributed by atoms with van der Waals surface area (Å²) in [7, 11) is 0. The maximum Gasteiger partial charge on any atom is 0.264 e. The Kier molecular flexibility index (Phi) is 4.14. The van der Waals surface area contributed by atoms with E-state index in [2.05, 4.69) is 102 Å². The third-order valence-electron chi connectivity index (χ3n) is 8.67. The van der Waals surface area contributed by atoms with Gasteiger partial charge in [0.05, 0.1) is 11.2 Å². The number of allylic oxidation sites excluding steroid dienone is 1. The molecule has 0 saturated heterocycles. The number of nitrogens with zero attached hydrogens (tertiary/aromatic N) is 1. The van der Waals surface area contributed by atoms with Gasteiger partial charge in [-0.05, 0) is 64.4 Å². The molecule has 188 valence electrons. The molecule has 0 unspecified atom stereocenters. The van der Waals surface area contributed by atoms with Crippen LogP contribution in [0.25, 0.3) is 42.8 Å². The quantitative estimate of drug-likeness (QED) is 0.196. The standard InChI is InChI=1S/C34H20BNO2S2/c1-5-13-24-20(9-1)21-10-2-6-14-25(21)36(24)19-17-26-32-27(18-19)38-34-31(23-12-4-8-16-29(23)40-34)35(32)30-22-11-3-7-15-28(22)39-33(30)37-26/h1,3-9,11-18H,2,10H2. The van der Waals surface area contributed by atoms with Gasteiger partial charge in [0.15, 0.2) is 10.1 Å². The van der Waals surface area contributed by atoms with E-state index in [-0.39, 0.29) is 6.71 Å². The Morgan fingerprint density at radius 2 is 1.27 bits per heavy atom. The molecule has 1 aliphatic carbocycles. The fourth-order valence-electron chi connectivity index (χ4n) is 7.05. The normalized spacial score (nSPS) is 14.6. The summed E-state index contributed by atoms with van der Waals surface area (Å²) in [6, 6.07) is 30.6. The topological polar surface area (TPSA) is 23.4 Å². The molecule has 0 atom stereocenters. The second kappa shape index (κ2) is 7.69. The molecule has 0 amide bonds. The van der Waals surface area contributed by atoms with E-state index in [0.29, 0.717) is 0 Å². The van der Waals surface area contributed by atoms with Crippen molar-refractivity contribution in [3.63, 3.8) is 0 Å². The first kappa shape index (κ1) is 21.6. The summed E-state index contributed by atoms with van der Waals surface area (Å²) in [5.41, 5.74) is 8.64. The molecule has 0 radical (unpaired) electrons. The number of ether oxygens (including phenoxy) is 2. The largest absolute Gasteiger partial charge is 0.448 e. The average Bonchev–Trinajstić information content (AvgIpc) is 3.66. The molecule has 3 aliphatic rings. The van der Waals surface area contributed by atoms with Gasteiger partial charge in [-0.2, -0.15) is 0 Å². The summed E-state index contributed by atoms with van der Waals surface area (Å²) in [5, 5.41) is 5.85. The summed E-state index contributed by atoms with van der Waals surface area (Å²) in [4.78, 5) is 0. The van der Waals surface area contributed by atoms with Crippen LogP contribution in [-0.2, 0) is 6.42 Å². The van der Waals surface area contributed by atoms with Crippen LogP contribution in [0.4, 0.5) is 0 Å². The van der Waals surface area contributed by atoms with Crippen molar-refractivity contribution in [1.82, 2.24) is 4.57 Å². The summed E-state index contributed by atoms with van der Waals surface area (Å²) >= 11 is 3.49. The number of rotatable bonds is 1. The Labute approximate surface area is 238 Å². The lowest BCUT2D eigenvalue weighted by Crippen LogP contribution is -2.56. The van der Waals surface area contributed by atoms with Crippen LogP contribution in [0, 0.1) is 0 Å². The van der Waals surface area contributed by atoms with Crippen molar-refractivity contribution in [3.8, 4) is 27.3 Å². The van der Waals surface area contributed by atoms with Crippen molar-refractivity contribution in [2.24, 2.45) is 0 Å². The van der Waals surface area contributed by atoms with Crippen molar-refractivity contribution in [2.75, 3.05) is 0 Å². The number of thiophene rings is 2. The Morgan fingerprint density at radius 1 is 0.675 bits per heavy atom. The first-order valence-corrected chi connectivity index (χ1v) is 15.3. The fraction of sp³-hybridized carbons (Fsp3) is 0.0588. The molecule has 2 aliphatic heterocycles. The van der Waals surface area contributed by atoms with Crippen LogP contribution in [0.2, 0.25) is 0 Å². The van der Waals surface area contributed by atoms with Crippen LogP contribution < -0.4 is 25.9 Å². The average molecular weight is 549 g/mol. The van der Waals surface area contributed by atoms with Gasteiger partial charge in [-0.3, -0.25) is 0 Å². The van der Waals surface area contributed by atoms with E-state index in [9.17, 15) is 0 Å². The lowest BCUT2D eigenvalue weighted by molar-refractivity contribution is 0.478. The zero-order valence-corrected chi connectivity index (χ0v) is 22.9. The second-order valence-electron chi connectivity index (χ2n) is 10.7. The van der Waals surface area contributed by atoms with Crippen LogP contribution in [0.1, 0.15) is 17.7 Å². The maximum atomic E-state index is 6.82. The summed E-state index contributed by atoms with van der Waals surface area (Å²) < 4.78 is 18.5. The molecule has 3 aromatic heterocycles.